The molecule has 0 aliphatic heterocycles. The van der Waals surface area contributed by atoms with Crippen LogP contribution in [0.2, 0.25) is 0 Å². The minimum atomic E-state index is -0.665. The van der Waals surface area contributed by atoms with Crippen LogP contribution >= 0.6 is 0 Å². The highest BCUT2D eigenvalue weighted by atomic mass is 19.1. The molecule has 0 bridgehead atoms. The number of hydrogen-bond acceptors (Lipinski definition) is 2. The maximum atomic E-state index is 13.0. The van der Waals surface area contributed by atoms with Gasteiger partial charge in [0.05, 0.1) is 6.10 Å². The Kier molecular flexibility index (Phi) is 4.50. The zero-order chi connectivity index (χ0) is 12.1. The molecule has 1 aromatic rings. The van der Waals surface area contributed by atoms with Crippen molar-refractivity contribution >= 4 is 0 Å². The summed E-state index contributed by atoms with van der Waals surface area (Å²) in [6, 6.07) is 4.15. The van der Waals surface area contributed by atoms with E-state index >= 15 is 0 Å². The smallest absolute Gasteiger partial charge is 0.128 e. The second-order valence-electron chi connectivity index (χ2n) is 3.95. The molecule has 1 N–H and O–H groups in total. The third kappa shape index (κ3) is 3.66. The standard InChI is InChI=1S/C13H17FO2/c1-9(2)6-7-16-13-8-11(14)4-5-12(13)10(3)15/h4-6,8,10,15H,7H2,1-3H3. The SMILES string of the molecule is CC(C)=CCOc1cc(F)ccc1C(C)O. The van der Waals surface area contributed by atoms with Crippen molar-refractivity contribution in [2.24, 2.45) is 0 Å². The Morgan fingerprint density at radius 2 is 2.19 bits per heavy atom. The lowest BCUT2D eigenvalue weighted by atomic mass is 10.1. The van der Waals surface area contributed by atoms with Crippen LogP contribution in [0.15, 0.2) is 29.8 Å². The first-order valence-electron chi connectivity index (χ1n) is 5.24. The lowest BCUT2D eigenvalue weighted by molar-refractivity contribution is 0.192. The van der Waals surface area contributed by atoms with Gasteiger partial charge in [0.15, 0.2) is 0 Å². The summed E-state index contributed by atoms with van der Waals surface area (Å²) in [6.07, 6.45) is 1.23. The van der Waals surface area contributed by atoms with Crippen LogP contribution in [0.4, 0.5) is 4.39 Å². The summed E-state index contributed by atoms with van der Waals surface area (Å²) in [5.41, 5.74) is 1.73. The van der Waals surface area contributed by atoms with Gasteiger partial charge in [-0.2, -0.15) is 0 Å². The highest BCUT2D eigenvalue weighted by Gasteiger charge is 2.09. The molecule has 0 radical (unpaired) electrons. The van der Waals surface area contributed by atoms with Crippen LogP contribution in [0.1, 0.15) is 32.4 Å². The lowest BCUT2D eigenvalue weighted by Crippen LogP contribution is -2.01. The number of rotatable bonds is 4. The molecule has 0 spiro atoms. The highest BCUT2D eigenvalue weighted by molar-refractivity contribution is 5.35. The van der Waals surface area contributed by atoms with E-state index in [2.05, 4.69) is 0 Å². The normalized spacial score (nSPS) is 12.1. The van der Waals surface area contributed by atoms with Crippen molar-refractivity contribution in [2.75, 3.05) is 6.61 Å². The molecule has 0 aliphatic carbocycles. The summed E-state index contributed by atoms with van der Waals surface area (Å²) in [5.74, 6) is 0.0316. The molecule has 1 atom stereocenters. The van der Waals surface area contributed by atoms with E-state index in [-0.39, 0.29) is 5.82 Å². The van der Waals surface area contributed by atoms with Crippen LogP contribution in [-0.2, 0) is 0 Å². The Labute approximate surface area is 95.4 Å². The Hall–Kier alpha value is -1.35. The minimum Gasteiger partial charge on any atom is -0.489 e. The van der Waals surface area contributed by atoms with E-state index in [9.17, 15) is 9.50 Å². The summed E-state index contributed by atoms with van der Waals surface area (Å²) in [7, 11) is 0. The molecule has 16 heavy (non-hydrogen) atoms. The van der Waals surface area contributed by atoms with Gasteiger partial charge in [0.1, 0.15) is 18.2 Å². The number of ether oxygens (including phenoxy) is 1. The first-order valence-corrected chi connectivity index (χ1v) is 5.24. The van der Waals surface area contributed by atoms with Crippen molar-refractivity contribution in [3.8, 4) is 5.75 Å². The van der Waals surface area contributed by atoms with Crippen LogP contribution in [-0.4, -0.2) is 11.7 Å². The highest BCUT2D eigenvalue weighted by Crippen LogP contribution is 2.25. The van der Waals surface area contributed by atoms with Crippen molar-refractivity contribution in [1.29, 1.82) is 0 Å². The number of benzene rings is 1. The van der Waals surface area contributed by atoms with Gasteiger partial charge in [-0.25, -0.2) is 4.39 Å². The molecule has 1 aromatic carbocycles. The van der Waals surface area contributed by atoms with E-state index in [0.717, 1.165) is 5.57 Å². The topological polar surface area (TPSA) is 29.5 Å². The first-order chi connectivity index (χ1) is 7.50. The molecule has 0 aliphatic rings. The predicted molar refractivity (Wildman–Crippen MR) is 62.0 cm³/mol. The molecule has 0 saturated heterocycles. The molecule has 88 valence electrons. The minimum absolute atomic E-state index is 0.364. The second kappa shape index (κ2) is 5.66. The van der Waals surface area contributed by atoms with Crippen molar-refractivity contribution < 1.29 is 14.2 Å². The van der Waals surface area contributed by atoms with Gasteiger partial charge >= 0.3 is 0 Å². The van der Waals surface area contributed by atoms with E-state index in [1.54, 1.807) is 6.92 Å². The van der Waals surface area contributed by atoms with Gasteiger partial charge in [-0.05, 0) is 39.0 Å². The zero-order valence-electron chi connectivity index (χ0n) is 9.83. The fraction of sp³-hybridized carbons (Fsp3) is 0.385. The average molecular weight is 224 g/mol. The van der Waals surface area contributed by atoms with Crippen molar-refractivity contribution in [3.05, 3.63) is 41.2 Å². The summed E-state index contributed by atoms with van der Waals surface area (Å²) in [6.45, 7) is 5.93. The summed E-state index contributed by atoms with van der Waals surface area (Å²) < 4.78 is 18.4. The number of halogens is 1. The van der Waals surface area contributed by atoms with Gasteiger partial charge in [0.2, 0.25) is 0 Å². The molecule has 2 nitrogen and oxygen atoms in total. The predicted octanol–water partition coefficient (Wildman–Crippen LogP) is 3.22. The average Bonchev–Trinajstić information content (AvgIpc) is 2.16. The third-order valence-electron chi connectivity index (χ3n) is 2.16. The molecule has 0 aromatic heterocycles. The van der Waals surface area contributed by atoms with Crippen LogP contribution in [0.5, 0.6) is 5.75 Å². The molecule has 1 rings (SSSR count). The number of aliphatic hydroxyl groups excluding tert-OH is 1. The van der Waals surface area contributed by atoms with Crippen LogP contribution in [0.25, 0.3) is 0 Å². The molecule has 3 heteroatoms. The van der Waals surface area contributed by atoms with E-state index < -0.39 is 6.10 Å². The number of hydrogen-bond donors (Lipinski definition) is 1. The van der Waals surface area contributed by atoms with Gasteiger partial charge in [-0.15, -0.1) is 0 Å². The molecule has 0 saturated carbocycles. The maximum Gasteiger partial charge on any atom is 0.128 e. The Balaban J connectivity index is 2.84. The molecule has 1 unspecified atom stereocenters. The maximum absolute atomic E-state index is 13.0. The molecular formula is C13H17FO2. The van der Waals surface area contributed by atoms with Crippen molar-refractivity contribution in [2.45, 2.75) is 26.9 Å². The van der Waals surface area contributed by atoms with Gasteiger partial charge in [0.25, 0.3) is 0 Å². The monoisotopic (exact) mass is 224 g/mol. The third-order valence-corrected chi connectivity index (χ3v) is 2.16. The first kappa shape index (κ1) is 12.7. The van der Waals surface area contributed by atoms with Crippen molar-refractivity contribution in [1.82, 2.24) is 0 Å². The van der Waals surface area contributed by atoms with Crippen LogP contribution < -0.4 is 4.74 Å². The van der Waals surface area contributed by atoms with E-state index in [4.69, 9.17) is 4.74 Å². The number of allylic oxidation sites excluding steroid dienone is 1. The Morgan fingerprint density at radius 1 is 1.50 bits per heavy atom. The van der Waals surface area contributed by atoms with Crippen LogP contribution in [0.3, 0.4) is 0 Å². The molecule has 0 heterocycles. The van der Waals surface area contributed by atoms with E-state index in [0.29, 0.717) is 17.9 Å². The Morgan fingerprint density at radius 3 is 2.75 bits per heavy atom. The number of aliphatic hydroxyl groups is 1. The van der Waals surface area contributed by atoms with E-state index in [1.165, 1.54) is 18.2 Å². The van der Waals surface area contributed by atoms with Gasteiger partial charge in [-0.3, -0.25) is 0 Å². The molecular weight excluding hydrogens is 207 g/mol. The summed E-state index contributed by atoms with van der Waals surface area (Å²) >= 11 is 0. The van der Waals surface area contributed by atoms with Crippen LogP contribution in [0, 0.1) is 5.82 Å². The molecule has 0 fully saturated rings. The Bertz CT molecular complexity index is 380. The fourth-order valence-electron chi connectivity index (χ4n) is 1.28. The van der Waals surface area contributed by atoms with Gasteiger partial charge in [-0.1, -0.05) is 5.57 Å². The summed E-state index contributed by atoms with van der Waals surface area (Å²) in [5, 5.41) is 9.49. The lowest BCUT2D eigenvalue weighted by Gasteiger charge is -2.12. The van der Waals surface area contributed by atoms with Crippen molar-refractivity contribution in [3.63, 3.8) is 0 Å². The van der Waals surface area contributed by atoms with E-state index in [1.807, 2.05) is 19.9 Å². The van der Waals surface area contributed by atoms with Gasteiger partial charge < -0.3 is 9.84 Å². The fourth-order valence-corrected chi connectivity index (χ4v) is 1.28. The van der Waals surface area contributed by atoms with Gasteiger partial charge in [0, 0.05) is 11.6 Å². The zero-order valence-corrected chi connectivity index (χ0v) is 9.83. The second-order valence-corrected chi connectivity index (χ2v) is 3.95. The quantitative estimate of drug-likeness (QED) is 0.796. The summed E-state index contributed by atoms with van der Waals surface area (Å²) in [4.78, 5) is 0. The molecule has 0 amide bonds. The largest absolute Gasteiger partial charge is 0.489 e.